The van der Waals surface area contributed by atoms with Crippen LogP contribution in [0.5, 0.6) is 0 Å². The van der Waals surface area contributed by atoms with Gasteiger partial charge in [0.2, 0.25) is 0 Å². The molecule has 0 spiro atoms. The molecule has 0 aromatic heterocycles. The molecule has 0 heterocycles. The summed E-state index contributed by atoms with van der Waals surface area (Å²) >= 11 is 0. The number of fused-ring (bicyclic) bond motifs is 1. The fraction of sp³-hybridized carbons (Fsp3) is 0.538. The van der Waals surface area contributed by atoms with Gasteiger partial charge < -0.3 is 5.73 Å². The topological polar surface area (TPSA) is 26.0 Å². The van der Waals surface area contributed by atoms with Crippen LogP contribution in [0.15, 0.2) is 18.2 Å². The Kier molecular flexibility index (Phi) is 3.37. The molecule has 1 nitrogen and oxygen atoms in total. The Bertz CT molecular complexity index is 335. The van der Waals surface area contributed by atoms with Gasteiger partial charge in [0.1, 0.15) is 6.17 Å². The molecule has 0 saturated carbocycles. The molecule has 0 saturated heterocycles. The lowest BCUT2D eigenvalue weighted by Gasteiger charge is -2.21. The van der Waals surface area contributed by atoms with E-state index in [0.717, 1.165) is 18.4 Å². The van der Waals surface area contributed by atoms with Crippen molar-refractivity contribution >= 4 is 0 Å². The molecule has 2 heteroatoms. The fourth-order valence-corrected chi connectivity index (χ4v) is 2.41. The van der Waals surface area contributed by atoms with Gasteiger partial charge in [-0.25, -0.2) is 4.39 Å². The van der Waals surface area contributed by atoms with E-state index in [-0.39, 0.29) is 0 Å². The van der Waals surface area contributed by atoms with Crippen LogP contribution in [0.4, 0.5) is 4.39 Å². The van der Waals surface area contributed by atoms with E-state index in [1.807, 2.05) is 12.1 Å². The molecule has 1 aromatic carbocycles. The number of nitrogens with two attached hydrogens (primary N) is 1. The average molecular weight is 207 g/mol. The number of alkyl halides is 1. The molecule has 1 aromatic rings. The van der Waals surface area contributed by atoms with Gasteiger partial charge in [-0.05, 0) is 55.3 Å². The number of hydrogen-bond donors (Lipinski definition) is 1. The molecule has 2 N–H and O–H groups in total. The van der Waals surface area contributed by atoms with Gasteiger partial charge in [0, 0.05) is 0 Å². The summed E-state index contributed by atoms with van der Waals surface area (Å²) in [5, 5.41) is 0. The van der Waals surface area contributed by atoms with Gasteiger partial charge in [0.25, 0.3) is 0 Å². The second-order valence-corrected chi connectivity index (χ2v) is 4.24. The molecule has 2 rings (SSSR count). The SMILES string of the molecule is NCCC(F)c1cccc2c1CCCC2. The fourth-order valence-electron chi connectivity index (χ4n) is 2.41. The smallest absolute Gasteiger partial charge is 0.127 e. The van der Waals surface area contributed by atoms with Crippen LogP contribution in [0.25, 0.3) is 0 Å². The third-order valence-electron chi connectivity index (χ3n) is 3.19. The minimum Gasteiger partial charge on any atom is -0.330 e. The lowest BCUT2D eigenvalue weighted by atomic mass is 9.86. The van der Waals surface area contributed by atoms with Gasteiger partial charge in [-0.15, -0.1) is 0 Å². The molecule has 1 aliphatic carbocycles. The molecule has 0 aliphatic heterocycles. The van der Waals surface area contributed by atoms with Crippen molar-refractivity contribution in [1.29, 1.82) is 0 Å². The Morgan fingerprint density at radius 1 is 1.27 bits per heavy atom. The molecule has 1 unspecified atom stereocenters. The third kappa shape index (κ3) is 2.20. The van der Waals surface area contributed by atoms with Gasteiger partial charge in [-0.2, -0.15) is 0 Å². The van der Waals surface area contributed by atoms with Crippen LogP contribution in [-0.2, 0) is 12.8 Å². The molecule has 82 valence electrons. The molecular weight excluding hydrogens is 189 g/mol. The summed E-state index contributed by atoms with van der Waals surface area (Å²) in [6, 6.07) is 6.03. The van der Waals surface area contributed by atoms with Crippen LogP contribution in [0.3, 0.4) is 0 Å². The predicted octanol–water partition coefficient (Wildman–Crippen LogP) is 2.92. The standard InChI is InChI=1S/C13H18FN/c14-13(8-9-15)12-7-3-5-10-4-1-2-6-11(10)12/h3,5,7,13H,1-2,4,6,8-9,15H2. The predicted molar refractivity (Wildman–Crippen MR) is 60.6 cm³/mol. The first-order valence-corrected chi connectivity index (χ1v) is 5.77. The number of rotatable bonds is 3. The van der Waals surface area contributed by atoms with Crippen molar-refractivity contribution in [2.45, 2.75) is 38.3 Å². The van der Waals surface area contributed by atoms with Crippen LogP contribution >= 0.6 is 0 Å². The quantitative estimate of drug-likeness (QED) is 0.810. The highest BCUT2D eigenvalue weighted by atomic mass is 19.1. The van der Waals surface area contributed by atoms with Crippen LogP contribution in [-0.4, -0.2) is 6.54 Å². The zero-order valence-electron chi connectivity index (χ0n) is 9.01. The lowest BCUT2D eigenvalue weighted by molar-refractivity contribution is 0.324. The Balaban J connectivity index is 2.30. The van der Waals surface area contributed by atoms with Crippen LogP contribution in [0, 0.1) is 0 Å². The summed E-state index contributed by atoms with van der Waals surface area (Å²) in [6.45, 7) is 0.421. The molecule has 0 bridgehead atoms. The molecule has 0 fully saturated rings. The first kappa shape index (κ1) is 10.6. The maximum atomic E-state index is 13.8. The summed E-state index contributed by atoms with van der Waals surface area (Å²) in [5.74, 6) is 0. The Morgan fingerprint density at radius 2 is 2.07 bits per heavy atom. The van der Waals surface area contributed by atoms with Crippen molar-refractivity contribution in [3.63, 3.8) is 0 Å². The number of hydrogen-bond acceptors (Lipinski definition) is 1. The van der Waals surface area contributed by atoms with E-state index in [4.69, 9.17) is 5.73 Å². The van der Waals surface area contributed by atoms with E-state index >= 15 is 0 Å². The minimum absolute atomic E-state index is 0.421. The number of benzene rings is 1. The molecule has 1 atom stereocenters. The number of aryl methyl sites for hydroxylation is 1. The number of halogens is 1. The second-order valence-electron chi connectivity index (χ2n) is 4.24. The molecule has 0 amide bonds. The van der Waals surface area contributed by atoms with E-state index in [1.165, 1.54) is 24.0 Å². The summed E-state index contributed by atoms with van der Waals surface area (Å²) in [7, 11) is 0. The molecular formula is C13H18FN. The van der Waals surface area contributed by atoms with E-state index in [0.29, 0.717) is 13.0 Å². The van der Waals surface area contributed by atoms with Crippen LogP contribution in [0.2, 0.25) is 0 Å². The van der Waals surface area contributed by atoms with Gasteiger partial charge in [-0.3, -0.25) is 0 Å². The van der Waals surface area contributed by atoms with Crippen LogP contribution < -0.4 is 5.73 Å². The zero-order chi connectivity index (χ0) is 10.7. The monoisotopic (exact) mass is 207 g/mol. The Morgan fingerprint density at radius 3 is 2.87 bits per heavy atom. The van der Waals surface area contributed by atoms with Gasteiger partial charge in [0.05, 0.1) is 0 Å². The summed E-state index contributed by atoms with van der Waals surface area (Å²) in [6.07, 6.45) is 4.15. The maximum absolute atomic E-state index is 13.8. The van der Waals surface area contributed by atoms with E-state index in [2.05, 4.69) is 6.07 Å². The highest BCUT2D eigenvalue weighted by molar-refractivity contribution is 5.38. The van der Waals surface area contributed by atoms with E-state index in [1.54, 1.807) is 0 Å². The van der Waals surface area contributed by atoms with Crippen LogP contribution in [0.1, 0.15) is 42.1 Å². The Labute approximate surface area is 90.5 Å². The second kappa shape index (κ2) is 4.75. The molecule has 0 radical (unpaired) electrons. The highest BCUT2D eigenvalue weighted by Crippen LogP contribution is 2.31. The van der Waals surface area contributed by atoms with Gasteiger partial charge >= 0.3 is 0 Å². The first-order chi connectivity index (χ1) is 7.33. The van der Waals surface area contributed by atoms with E-state index in [9.17, 15) is 4.39 Å². The van der Waals surface area contributed by atoms with Gasteiger partial charge in [-0.1, -0.05) is 18.2 Å². The maximum Gasteiger partial charge on any atom is 0.127 e. The Hall–Kier alpha value is -0.890. The average Bonchev–Trinajstić information content (AvgIpc) is 2.28. The largest absolute Gasteiger partial charge is 0.330 e. The lowest BCUT2D eigenvalue weighted by Crippen LogP contribution is -2.10. The third-order valence-corrected chi connectivity index (χ3v) is 3.19. The summed E-state index contributed by atoms with van der Waals surface area (Å²) < 4.78 is 13.8. The van der Waals surface area contributed by atoms with Crippen molar-refractivity contribution in [1.82, 2.24) is 0 Å². The van der Waals surface area contributed by atoms with Crippen molar-refractivity contribution < 1.29 is 4.39 Å². The highest BCUT2D eigenvalue weighted by Gasteiger charge is 2.18. The summed E-state index contributed by atoms with van der Waals surface area (Å²) in [5.41, 5.74) is 8.89. The van der Waals surface area contributed by atoms with E-state index < -0.39 is 6.17 Å². The van der Waals surface area contributed by atoms with Crippen molar-refractivity contribution in [3.05, 3.63) is 34.9 Å². The first-order valence-electron chi connectivity index (χ1n) is 5.77. The molecule has 15 heavy (non-hydrogen) atoms. The summed E-state index contributed by atoms with van der Waals surface area (Å²) in [4.78, 5) is 0. The minimum atomic E-state index is -0.872. The van der Waals surface area contributed by atoms with Crippen molar-refractivity contribution in [3.8, 4) is 0 Å². The van der Waals surface area contributed by atoms with Gasteiger partial charge in [0.15, 0.2) is 0 Å². The molecule has 1 aliphatic rings. The van der Waals surface area contributed by atoms with Crippen molar-refractivity contribution in [2.24, 2.45) is 5.73 Å². The van der Waals surface area contributed by atoms with Crippen molar-refractivity contribution in [2.75, 3.05) is 6.54 Å². The normalized spacial score (nSPS) is 17.2. The zero-order valence-corrected chi connectivity index (χ0v) is 9.01.